The Labute approximate surface area is 122 Å². The van der Waals surface area contributed by atoms with Crippen LogP contribution in [0.3, 0.4) is 0 Å². The number of anilines is 1. The normalized spacial score (nSPS) is 10.9. The number of rotatable bonds is 5. The number of H-pyrrole nitrogens is 1. The van der Waals surface area contributed by atoms with E-state index in [1.165, 1.54) is 16.7 Å². The Morgan fingerprint density at radius 3 is 2.81 bits per heavy atom. The molecule has 112 valence electrons. The molecule has 0 spiro atoms. The number of aromatic nitrogens is 4. The molecule has 0 saturated carbocycles. The molecule has 2 heterocycles. The summed E-state index contributed by atoms with van der Waals surface area (Å²) in [5, 5.41) is 17.8. The van der Waals surface area contributed by atoms with E-state index < -0.39 is 4.92 Å². The number of aromatic amines is 1. The molecule has 0 aliphatic carbocycles. The van der Waals surface area contributed by atoms with E-state index >= 15 is 0 Å². The number of hydrogen-bond acceptors (Lipinski definition) is 8. The number of nitrogens with two attached hydrogens (primary N) is 1. The molecular formula is C10H13N7O3S. The summed E-state index contributed by atoms with van der Waals surface area (Å²) in [4.78, 5) is 26.1. The molecule has 0 aromatic carbocycles. The maximum Gasteiger partial charge on any atom is 0.344 e. The van der Waals surface area contributed by atoms with Crippen LogP contribution in [0.2, 0.25) is 0 Å². The van der Waals surface area contributed by atoms with Crippen molar-refractivity contribution in [2.24, 2.45) is 5.84 Å². The summed E-state index contributed by atoms with van der Waals surface area (Å²) in [6.45, 7) is 3.66. The van der Waals surface area contributed by atoms with E-state index in [2.05, 4.69) is 20.6 Å². The van der Waals surface area contributed by atoms with Crippen molar-refractivity contribution in [2.45, 2.75) is 30.1 Å². The van der Waals surface area contributed by atoms with Gasteiger partial charge in [0.05, 0.1) is 11.0 Å². The Hall–Kier alpha value is -2.40. The van der Waals surface area contributed by atoms with E-state index in [0.717, 1.165) is 11.8 Å². The van der Waals surface area contributed by atoms with Crippen molar-refractivity contribution >= 4 is 23.3 Å². The number of nitro groups is 1. The Morgan fingerprint density at radius 2 is 2.24 bits per heavy atom. The highest BCUT2D eigenvalue weighted by Gasteiger charge is 2.16. The molecule has 10 nitrogen and oxygen atoms in total. The third-order valence-corrected chi connectivity index (χ3v) is 3.42. The van der Waals surface area contributed by atoms with Crippen LogP contribution in [0.5, 0.6) is 0 Å². The zero-order chi connectivity index (χ0) is 15.6. The quantitative estimate of drug-likeness (QED) is 0.419. The molecule has 0 unspecified atom stereocenters. The first-order valence-electron chi connectivity index (χ1n) is 5.90. The Balaban J connectivity index is 2.42. The van der Waals surface area contributed by atoms with Gasteiger partial charge in [-0.05, 0) is 25.6 Å². The third-order valence-electron chi connectivity index (χ3n) is 2.53. The summed E-state index contributed by atoms with van der Waals surface area (Å²) in [6.07, 6.45) is 0. The zero-order valence-electron chi connectivity index (χ0n) is 11.2. The number of nitrogens with zero attached hydrogens (tertiary/aromatic N) is 4. The lowest BCUT2D eigenvalue weighted by Crippen LogP contribution is -2.19. The van der Waals surface area contributed by atoms with Crippen LogP contribution in [-0.2, 0) is 0 Å². The van der Waals surface area contributed by atoms with Crippen LogP contribution < -0.4 is 17.0 Å². The van der Waals surface area contributed by atoms with Crippen molar-refractivity contribution in [1.82, 2.24) is 19.7 Å². The summed E-state index contributed by atoms with van der Waals surface area (Å²) in [6, 6.07) is 2.39. The van der Waals surface area contributed by atoms with Gasteiger partial charge >= 0.3 is 5.69 Å². The van der Waals surface area contributed by atoms with Crippen molar-refractivity contribution in [3.05, 3.63) is 32.7 Å². The summed E-state index contributed by atoms with van der Waals surface area (Å²) >= 11 is 1.03. The van der Waals surface area contributed by atoms with Crippen LogP contribution in [0.1, 0.15) is 19.9 Å². The van der Waals surface area contributed by atoms with Crippen LogP contribution in [0.25, 0.3) is 0 Å². The van der Waals surface area contributed by atoms with Gasteiger partial charge in [0.2, 0.25) is 0 Å². The lowest BCUT2D eigenvalue weighted by molar-refractivity contribution is -0.385. The highest BCUT2D eigenvalue weighted by Crippen LogP contribution is 2.29. The minimum Gasteiger partial charge on any atom is -0.308 e. The highest BCUT2D eigenvalue weighted by atomic mass is 32.2. The summed E-state index contributed by atoms with van der Waals surface area (Å²) in [5.41, 5.74) is 1.76. The fraction of sp³-hybridized carbons (Fsp3) is 0.300. The minimum atomic E-state index is -0.549. The zero-order valence-corrected chi connectivity index (χ0v) is 12.0. The van der Waals surface area contributed by atoms with E-state index in [0.29, 0.717) is 10.2 Å². The van der Waals surface area contributed by atoms with Gasteiger partial charge in [-0.25, -0.2) is 20.7 Å². The molecule has 0 atom stereocenters. The molecule has 0 amide bonds. The molecular weight excluding hydrogens is 298 g/mol. The first kappa shape index (κ1) is 15.0. The van der Waals surface area contributed by atoms with Gasteiger partial charge in [0.15, 0.2) is 5.16 Å². The lowest BCUT2D eigenvalue weighted by atomic mass is 10.4. The van der Waals surface area contributed by atoms with Crippen LogP contribution in [0, 0.1) is 10.1 Å². The summed E-state index contributed by atoms with van der Waals surface area (Å²) in [5.74, 6) is 5.40. The van der Waals surface area contributed by atoms with E-state index in [1.54, 1.807) is 0 Å². The molecule has 2 aromatic rings. The van der Waals surface area contributed by atoms with Gasteiger partial charge in [-0.3, -0.25) is 14.7 Å². The van der Waals surface area contributed by atoms with Gasteiger partial charge in [-0.1, -0.05) is 0 Å². The van der Waals surface area contributed by atoms with E-state index in [9.17, 15) is 14.9 Å². The summed E-state index contributed by atoms with van der Waals surface area (Å²) in [7, 11) is 0. The second-order valence-electron chi connectivity index (χ2n) is 4.33. The monoisotopic (exact) mass is 311 g/mol. The predicted octanol–water partition coefficient (Wildman–Crippen LogP) is 0.892. The average Bonchev–Trinajstić information content (AvgIpc) is 2.79. The molecule has 11 heteroatoms. The number of hydrazine groups is 1. The van der Waals surface area contributed by atoms with Gasteiger partial charge in [0.1, 0.15) is 10.8 Å². The Bertz CT molecular complexity index is 724. The maximum atomic E-state index is 11.6. The summed E-state index contributed by atoms with van der Waals surface area (Å²) < 4.78 is 1.43. The molecule has 0 saturated heterocycles. The molecule has 2 aromatic heterocycles. The van der Waals surface area contributed by atoms with Crippen molar-refractivity contribution < 1.29 is 4.92 Å². The first-order chi connectivity index (χ1) is 9.92. The molecule has 0 radical (unpaired) electrons. The number of nitrogen functional groups attached to an aromatic ring is 1. The standard InChI is InChI=1S/C10H13N7O3S/c1-5(2)16-9(18)14-15-10(16)21-8-4-6(17(19)20)3-7(12-8)13-11/h3-5H,11H2,1-2H3,(H,12,13)(H,14,18). The van der Waals surface area contributed by atoms with Crippen LogP contribution >= 0.6 is 11.8 Å². The molecule has 0 aliphatic rings. The molecule has 4 N–H and O–H groups in total. The predicted molar refractivity (Wildman–Crippen MR) is 76.1 cm³/mol. The SMILES string of the molecule is CC(C)n1c(Sc2cc([N+](=O)[O-])cc(NN)n2)n[nH]c1=O. The topological polar surface area (TPSA) is 145 Å². The van der Waals surface area contributed by atoms with E-state index in [4.69, 9.17) is 5.84 Å². The van der Waals surface area contributed by atoms with Gasteiger partial charge in [0, 0.05) is 12.1 Å². The van der Waals surface area contributed by atoms with Crippen molar-refractivity contribution in [2.75, 3.05) is 5.43 Å². The fourth-order valence-electron chi connectivity index (χ4n) is 1.63. The number of nitrogens with one attached hydrogen (secondary N) is 2. The number of hydrogen-bond donors (Lipinski definition) is 3. The Kier molecular flexibility index (Phi) is 4.23. The molecule has 0 fully saturated rings. The van der Waals surface area contributed by atoms with Crippen molar-refractivity contribution in [3.8, 4) is 0 Å². The second-order valence-corrected chi connectivity index (χ2v) is 5.31. The van der Waals surface area contributed by atoms with Crippen LogP contribution in [0.4, 0.5) is 11.5 Å². The van der Waals surface area contributed by atoms with Gasteiger partial charge < -0.3 is 5.43 Å². The molecule has 2 rings (SSSR count). The van der Waals surface area contributed by atoms with Crippen molar-refractivity contribution in [3.63, 3.8) is 0 Å². The first-order valence-corrected chi connectivity index (χ1v) is 6.72. The average molecular weight is 311 g/mol. The maximum absolute atomic E-state index is 11.6. The van der Waals surface area contributed by atoms with Crippen LogP contribution in [-0.4, -0.2) is 24.7 Å². The fourth-order valence-corrected chi connectivity index (χ4v) is 2.63. The molecule has 21 heavy (non-hydrogen) atoms. The van der Waals surface area contributed by atoms with Gasteiger partial charge in [-0.15, -0.1) is 5.10 Å². The molecule has 0 bridgehead atoms. The minimum absolute atomic E-state index is 0.107. The highest BCUT2D eigenvalue weighted by molar-refractivity contribution is 7.99. The third kappa shape index (κ3) is 3.20. The van der Waals surface area contributed by atoms with E-state index in [-0.39, 0.29) is 23.2 Å². The van der Waals surface area contributed by atoms with Gasteiger partial charge in [-0.2, -0.15) is 0 Å². The second kappa shape index (κ2) is 5.93. The molecule has 0 aliphatic heterocycles. The lowest BCUT2D eigenvalue weighted by Gasteiger charge is -2.08. The van der Waals surface area contributed by atoms with E-state index in [1.807, 2.05) is 13.8 Å². The van der Waals surface area contributed by atoms with Gasteiger partial charge in [0.25, 0.3) is 5.69 Å². The Morgan fingerprint density at radius 1 is 1.52 bits per heavy atom. The number of pyridine rings is 1. The largest absolute Gasteiger partial charge is 0.344 e. The van der Waals surface area contributed by atoms with Crippen molar-refractivity contribution in [1.29, 1.82) is 0 Å². The van der Waals surface area contributed by atoms with Crippen LogP contribution in [0.15, 0.2) is 27.1 Å². The smallest absolute Gasteiger partial charge is 0.308 e.